The first kappa shape index (κ1) is 22.8. The number of benzene rings is 2. The molecule has 1 heterocycles. The van der Waals surface area contributed by atoms with Crippen LogP contribution in [0.25, 0.3) is 0 Å². The van der Waals surface area contributed by atoms with Gasteiger partial charge in [-0.1, -0.05) is 41.9 Å². The number of hydrogen-bond acceptors (Lipinski definition) is 4. The van der Waals surface area contributed by atoms with Crippen LogP contribution in [0.2, 0.25) is 0 Å². The van der Waals surface area contributed by atoms with Gasteiger partial charge in [0.2, 0.25) is 15.9 Å². The van der Waals surface area contributed by atoms with Gasteiger partial charge in [0.1, 0.15) is 10.6 Å². The van der Waals surface area contributed by atoms with E-state index in [1.807, 2.05) is 44.2 Å². The molecule has 6 nitrogen and oxygen atoms in total. The fourth-order valence-electron chi connectivity index (χ4n) is 3.56. The molecule has 30 heavy (non-hydrogen) atoms. The molecule has 0 spiro atoms. The Morgan fingerprint density at radius 3 is 2.47 bits per heavy atom. The molecule has 0 bridgehead atoms. The molecule has 1 aliphatic rings. The molecular formula is C22H27BrN2O4S. The number of rotatable bonds is 6. The zero-order chi connectivity index (χ0) is 21.9. The number of methoxy groups -OCH3 is 1. The Morgan fingerprint density at radius 2 is 1.87 bits per heavy atom. The number of piperidine rings is 1. The molecular weight excluding hydrogens is 468 g/mol. The van der Waals surface area contributed by atoms with E-state index < -0.39 is 10.0 Å². The van der Waals surface area contributed by atoms with Crippen LogP contribution in [-0.4, -0.2) is 38.8 Å². The van der Waals surface area contributed by atoms with E-state index in [4.69, 9.17) is 4.74 Å². The zero-order valence-corrected chi connectivity index (χ0v) is 19.8. The van der Waals surface area contributed by atoms with Gasteiger partial charge < -0.3 is 10.1 Å². The summed E-state index contributed by atoms with van der Waals surface area (Å²) >= 11 is 3.39. The van der Waals surface area contributed by atoms with Crippen molar-refractivity contribution in [2.75, 3.05) is 25.5 Å². The number of nitrogens with zero attached hydrogens (tertiary/aromatic N) is 1. The number of ether oxygens (including phenoxy) is 1. The Balaban J connectivity index is 1.71. The molecule has 1 saturated heterocycles. The van der Waals surface area contributed by atoms with Crippen molar-refractivity contribution in [1.82, 2.24) is 4.31 Å². The van der Waals surface area contributed by atoms with Gasteiger partial charge in [-0.3, -0.25) is 4.79 Å². The van der Waals surface area contributed by atoms with Crippen LogP contribution in [-0.2, 0) is 14.8 Å². The third kappa shape index (κ3) is 5.04. The van der Waals surface area contributed by atoms with Crippen LogP contribution in [0.15, 0.2) is 51.8 Å². The van der Waals surface area contributed by atoms with E-state index in [0.717, 1.165) is 15.7 Å². The first-order valence-corrected chi connectivity index (χ1v) is 12.2. The highest BCUT2D eigenvalue weighted by atomic mass is 79.9. The summed E-state index contributed by atoms with van der Waals surface area (Å²) in [4.78, 5) is 12.8. The highest BCUT2D eigenvalue weighted by molar-refractivity contribution is 9.10. The number of halogens is 1. The number of sulfonamides is 1. The van der Waals surface area contributed by atoms with Crippen molar-refractivity contribution in [3.05, 3.63) is 52.5 Å². The van der Waals surface area contributed by atoms with Crippen LogP contribution >= 0.6 is 15.9 Å². The lowest BCUT2D eigenvalue weighted by molar-refractivity contribution is -0.120. The summed E-state index contributed by atoms with van der Waals surface area (Å²) in [5, 5.41) is 2.92. The number of carbonyl (C=O) groups excluding carboxylic acids is 1. The Labute approximate surface area is 186 Å². The molecule has 0 atom stereocenters. The summed E-state index contributed by atoms with van der Waals surface area (Å²) in [7, 11) is -2.23. The fraction of sp³-hybridized carbons (Fsp3) is 0.409. The van der Waals surface area contributed by atoms with Gasteiger partial charge in [0.05, 0.1) is 7.11 Å². The molecule has 2 aromatic rings. The van der Waals surface area contributed by atoms with Gasteiger partial charge in [-0.15, -0.1) is 0 Å². The second-order valence-electron chi connectivity index (χ2n) is 7.74. The van der Waals surface area contributed by atoms with E-state index in [1.165, 1.54) is 11.4 Å². The van der Waals surface area contributed by atoms with Gasteiger partial charge in [-0.2, -0.15) is 4.31 Å². The van der Waals surface area contributed by atoms with Crippen LogP contribution in [0.4, 0.5) is 5.69 Å². The second-order valence-corrected chi connectivity index (χ2v) is 10.6. The second kappa shape index (κ2) is 9.49. The lowest BCUT2D eigenvalue weighted by Crippen LogP contribution is -2.41. The van der Waals surface area contributed by atoms with Crippen LogP contribution < -0.4 is 10.1 Å². The van der Waals surface area contributed by atoms with Gasteiger partial charge in [-0.25, -0.2) is 8.42 Å². The van der Waals surface area contributed by atoms with E-state index >= 15 is 0 Å². The number of carbonyl (C=O) groups is 1. The molecule has 0 aliphatic carbocycles. The average molecular weight is 495 g/mol. The van der Waals surface area contributed by atoms with Crippen molar-refractivity contribution in [3.63, 3.8) is 0 Å². The van der Waals surface area contributed by atoms with Crippen LogP contribution in [0.3, 0.4) is 0 Å². The van der Waals surface area contributed by atoms with E-state index in [0.29, 0.717) is 31.7 Å². The van der Waals surface area contributed by atoms with E-state index in [9.17, 15) is 13.2 Å². The first-order chi connectivity index (χ1) is 14.2. The molecule has 2 aromatic carbocycles. The van der Waals surface area contributed by atoms with E-state index in [-0.39, 0.29) is 22.6 Å². The predicted molar refractivity (Wildman–Crippen MR) is 121 cm³/mol. The highest BCUT2D eigenvalue weighted by Gasteiger charge is 2.34. The van der Waals surface area contributed by atoms with E-state index in [2.05, 4.69) is 21.2 Å². The largest absolute Gasteiger partial charge is 0.495 e. The van der Waals surface area contributed by atoms with Gasteiger partial charge >= 0.3 is 0 Å². The van der Waals surface area contributed by atoms with Crippen molar-refractivity contribution in [3.8, 4) is 5.75 Å². The van der Waals surface area contributed by atoms with Crippen molar-refractivity contribution in [1.29, 1.82) is 0 Å². The maximum Gasteiger partial charge on any atom is 0.246 e. The molecule has 0 saturated carbocycles. The summed E-state index contributed by atoms with van der Waals surface area (Å²) < 4.78 is 34.2. The van der Waals surface area contributed by atoms with Crippen molar-refractivity contribution < 1.29 is 17.9 Å². The standard InChI is InChI=1S/C22H27BrN2O4S/c1-15(2)17-7-8-20(29-3)21(13-17)30(27,28)25-11-9-16(10-12-25)22(26)24-19-6-4-5-18(23)14-19/h4-8,13-16H,9-12H2,1-3H3,(H,24,26). The van der Waals surface area contributed by atoms with Crippen molar-refractivity contribution in [2.24, 2.45) is 5.92 Å². The number of hydrogen-bond donors (Lipinski definition) is 1. The third-order valence-electron chi connectivity index (χ3n) is 5.39. The third-order valence-corrected chi connectivity index (χ3v) is 7.80. The molecule has 0 aromatic heterocycles. The minimum atomic E-state index is -3.70. The minimum absolute atomic E-state index is 0.0791. The van der Waals surface area contributed by atoms with E-state index in [1.54, 1.807) is 12.1 Å². The van der Waals surface area contributed by atoms with Gasteiger partial charge in [0.25, 0.3) is 0 Å². The number of anilines is 1. The Morgan fingerprint density at radius 1 is 1.17 bits per heavy atom. The average Bonchev–Trinajstić information content (AvgIpc) is 2.73. The highest BCUT2D eigenvalue weighted by Crippen LogP contribution is 2.32. The van der Waals surface area contributed by atoms with Gasteiger partial charge in [-0.05, 0) is 54.7 Å². The molecule has 3 rings (SSSR count). The van der Waals surface area contributed by atoms with Crippen molar-refractivity contribution in [2.45, 2.75) is 37.5 Å². The quantitative estimate of drug-likeness (QED) is 0.635. The molecule has 1 aliphatic heterocycles. The molecule has 0 radical (unpaired) electrons. The number of nitrogens with one attached hydrogen (secondary N) is 1. The van der Waals surface area contributed by atoms with Crippen LogP contribution in [0.1, 0.15) is 38.2 Å². The normalized spacial score (nSPS) is 15.9. The smallest absolute Gasteiger partial charge is 0.246 e. The Bertz CT molecular complexity index is 1020. The first-order valence-electron chi connectivity index (χ1n) is 9.97. The van der Waals surface area contributed by atoms with Crippen LogP contribution in [0.5, 0.6) is 5.75 Å². The monoisotopic (exact) mass is 494 g/mol. The Hall–Kier alpha value is -1.90. The van der Waals surface area contributed by atoms with Gasteiger partial charge in [0, 0.05) is 29.2 Å². The summed E-state index contributed by atoms with van der Waals surface area (Å²) in [5.41, 5.74) is 1.66. The fourth-order valence-corrected chi connectivity index (χ4v) is 5.62. The molecule has 162 valence electrons. The molecule has 8 heteroatoms. The zero-order valence-electron chi connectivity index (χ0n) is 17.4. The molecule has 1 N–H and O–H groups in total. The molecule has 1 amide bonds. The Kier molecular flexibility index (Phi) is 7.21. The maximum absolute atomic E-state index is 13.3. The van der Waals surface area contributed by atoms with Crippen LogP contribution in [0, 0.1) is 5.92 Å². The predicted octanol–water partition coefficient (Wildman–Crippen LogP) is 4.62. The van der Waals surface area contributed by atoms with Crippen molar-refractivity contribution >= 4 is 37.5 Å². The SMILES string of the molecule is COc1ccc(C(C)C)cc1S(=O)(=O)N1CCC(C(=O)Nc2cccc(Br)c2)CC1. The maximum atomic E-state index is 13.3. The number of amides is 1. The summed E-state index contributed by atoms with van der Waals surface area (Å²) in [6, 6.07) is 12.7. The molecule has 0 unspecified atom stereocenters. The molecule has 1 fully saturated rings. The summed E-state index contributed by atoms with van der Waals surface area (Å²) in [6.45, 7) is 4.64. The topological polar surface area (TPSA) is 75.7 Å². The summed E-state index contributed by atoms with van der Waals surface area (Å²) in [5.74, 6) is 0.245. The lowest BCUT2D eigenvalue weighted by atomic mass is 9.97. The summed E-state index contributed by atoms with van der Waals surface area (Å²) in [6.07, 6.45) is 0.955. The minimum Gasteiger partial charge on any atom is -0.495 e. The lowest BCUT2D eigenvalue weighted by Gasteiger charge is -2.31. The van der Waals surface area contributed by atoms with Gasteiger partial charge in [0.15, 0.2) is 0 Å².